The molecule has 0 aliphatic carbocycles. The van der Waals surface area contributed by atoms with Gasteiger partial charge in [-0.1, -0.05) is 12.1 Å². The summed E-state index contributed by atoms with van der Waals surface area (Å²) in [5.74, 6) is 1.29. The van der Waals surface area contributed by atoms with E-state index in [-0.39, 0.29) is 11.6 Å². The van der Waals surface area contributed by atoms with Crippen LogP contribution in [-0.4, -0.2) is 19.7 Å². The van der Waals surface area contributed by atoms with Crippen LogP contribution in [0.25, 0.3) is 0 Å². The number of aromatic nitrogens is 4. The minimum atomic E-state index is -0.142. The molecule has 2 aromatic heterocycles. The number of rotatable bonds is 5. The smallest absolute Gasteiger partial charge is 0.293 e. The summed E-state index contributed by atoms with van der Waals surface area (Å²) in [4.78, 5) is 20.3. The van der Waals surface area contributed by atoms with Crippen LogP contribution < -0.4 is 10.9 Å². The minimum absolute atomic E-state index is 0.142. The van der Waals surface area contributed by atoms with Gasteiger partial charge < -0.3 is 14.4 Å². The van der Waals surface area contributed by atoms with E-state index in [4.69, 9.17) is 4.52 Å². The molecule has 0 aliphatic heterocycles. The molecular formula is C12H17N5O2. The number of hydrogen-bond donors (Lipinski definition) is 1. The van der Waals surface area contributed by atoms with Crippen molar-refractivity contribution in [1.29, 1.82) is 0 Å². The van der Waals surface area contributed by atoms with Gasteiger partial charge in [0.1, 0.15) is 0 Å². The molecule has 102 valence electrons. The standard InChI is InChI=1S/C12H17N5O2/c1-4-8(2)17-6-5-13-11(12(17)18)14-7-10-15-9(3)19-16-10/h5-6,8H,4,7H2,1-3H3,(H,13,14). The summed E-state index contributed by atoms with van der Waals surface area (Å²) in [5.41, 5.74) is -0.142. The normalized spacial score (nSPS) is 12.4. The Morgan fingerprint density at radius 2 is 2.32 bits per heavy atom. The molecule has 0 radical (unpaired) electrons. The molecule has 19 heavy (non-hydrogen) atoms. The summed E-state index contributed by atoms with van der Waals surface area (Å²) in [6.45, 7) is 6.05. The topological polar surface area (TPSA) is 85.8 Å². The Balaban J connectivity index is 2.15. The van der Waals surface area contributed by atoms with E-state index in [1.807, 2.05) is 13.8 Å². The molecule has 0 amide bonds. The Labute approximate surface area is 110 Å². The predicted octanol–water partition coefficient (Wildman–Crippen LogP) is 1.52. The van der Waals surface area contributed by atoms with Crippen LogP contribution in [0.5, 0.6) is 0 Å². The summed E-state index contributed by atoms with van der Waals surface area (Å²) in [6.07, 6.45) is 4.19. The maximum Gasteiger partial charge on any atom is 0.293 e. The Morgan fingerprint density at radius 3 is 2.95 bits per heavy atom. The van der Waals surface area contributed by atoms with E-state index in [0.29, 0.717) is 24.1 Å². The maximum atomic E-state index is 12.2. The molecule has 0 saturated heterocycles. The summed E-state index contributed by atoms with van der Waals surface area (Å²) in [6, 6.07) is 0.142. The first-order chi connectivity index (χ1) is 9.11. The quantitative estimate of drug-likeness (QED) is 0.880. The fourth-order valence-corrected chi connectivity index (χ4v) is 1.67. The van der Waals surface area contributed by atoms with Crippen molar-refractivity contribution >= 4 is 5.82 Å². The van der Waals surface area contributed by atoms with E-state index < -0.39 is 0 Å². The molecule has 7 heteroatoms. The van der Waals surface area contributed by atoms with E-state index in [0.717, 1.165) is 6.42 Å². The molecule has 7 nitrogen and oxygen atoms in total. The molecule has 1 atom stereocenters. The first kappa shape index (κ1) is 13.3. The lowest BCUT2D eigenvalue weighted by atomic mass is 10.2. The van der Waals surface area contributed by atoms with Gasteiger partial charge in [0.2, 0.25) is 5.89 Å². The zero-order chi connectivity index (χ0) is 13.8. The van der Waals surface area contributed by atoms with Crippen LogP contribution in [0.15, 0.2) is 21.7 Å². The average molecular weight is 263 g/mol. The van der Waals surface area contributed by atoms with Gasteiger partial charge in [-0.15, -0.1) is 0 Å². The summed E-state index contributed by atoms with van der Waals surface area (Å²) in [5, 5.41) is 6.68. The molecule has 1 N–H and O–H groups in total. The second-order valence-electron chi connectivity index (χ2n) is 4.33. The molecule has 2 aromatic rings. The zero-order valence-corrected chi connectivity index (χ0v) is 11.3. The SMILES string of the molecule is CCC(C)n1ccnc(NCc2noc(C)n2)c1=O. The molecule has 1 unspecified atom stereocenters. The predicted molar refractivity (Wildman–Crippen MR) is 69.9 cm³/mol. The third kappa shape index (κ3) is 2.98. The number of hydrogen-bond acceptors (Lipinski definition) is 6. The summed E-state index contributed by atoms with van der Waals surface area (Å²) < 4.78 is 6.52. The lowest BCUT2D eigenvalue weighted by Gasteiger charge is -2.13. The van der Waals surface area contributed by atoms with Crippen LogP contribution in [0, 0.1) is 6.92 Å². The molecule has 2 rings (SSSR count). The zero-order valence-electron chi connectivity index (χ0n) is 11.3. The fraction of sp³-hybridized carbons (Fsp3) is 0.500. The van der Waals surface area contributed by atoms with Crippen molar-refractivity contribution in [3.8, 4) is 0 Å². The van der Waals surface area contributed by atoms with Gasteiger partial charge >= 0.3 is 0 Å². The highest BCUT2D eigenvalue weighted by Crippen LogP contribution is 2.07. The van der Waals surface area contributed by atoms with Crippen LogP contribution in [0.4, 0.5) is 5.82 Å². The molecule has 0 aliphatic rings. The molecule has 0 spiro atoms. The van der Waals surface area contributed by atoms with E-state index in [1.165, 1.54) is 0 Å². The highest BCUT2D eigenvalue weighted by molar-refractivity contribution is 5.31. The maximum absolute atomic E-state index is 12.2. The molecule has 0 fully saturated rings. The fourth-order valence-electron chi connectivity index (χ4n) is 1.67. The highest BCUT2D eigenvalue weighted by atomic mass is 16.5. The molecular weight excluding hydrogens is 246 g/mol. The van der Waals surface area contributed by atoms with Gasteiger partial charge in [0, 0.05) is 25.4 Å². The highest BCUT2D eigenvalue weighted by Gasteiger charge is 2.10. The van der Waals surface area contributed by atoms with E-state index in [1.54, 1.807) is 23.9 Å². The van der Waals surface area contributed by atoms with Gasteiger partial charge in [-0.05, 0) is 13.3 Å². The lowest BCUT2D eigenvalue weighted by Crippen LogP contribution is -2.26. The monoisotopic (exact) mass is 263 g/mol. The second-order valence-corrected chi connectivity index (χ2v) is 4.33. The van der Waals surface area contributed by atoms with Crippen molar-refractivity contribution in [2.45, 2.75) is 39.8 Å². The molecule has 2 heterocycles. The third-order valence-electron chi connectivity index (χ3n) is 2.92. The molecule has 0 aromatic carbocycles. The van der Waals surface area contributed by atoms with Gasteiger partial charge in [-0.3, -0.25) is 4.79 Å². The van der Waals surface area contributed by atoms with Crippen LogP contribution >= 0.6 is 0 Å². The first-order valence-corrected chi connectivity index (χ1v) is 6.22. The summed E-state index contributed by atoms with van der Waals surface area (Å²) in [7, 11) is 0. The second kappa shape index (κ2) is 5.64. The van der Waals surface area contributed by atoms with Crippen molar-refractivity contribution in [2.75, 3.05) is 5.32 Å². The Bertz CT molecular complexity index is 604. The minimum Gasteiger partial charge on any atom is -0.358 e. The number of anilines is 1. The van der Waals surface area contributed by atoms with Gasteiger partial charge in [-0.2, -0.15) is 4.98 Å². The number of aryl methyl sites for hydroxylation is 1. The van der Waals surface area contributed by atoms with E-state index >= 15 is 0 Å². The van der Waals surface area contributed by atoms with Crippen molar-refractivity contribution in [1.82, 2.24) is 19.7 Å². The van der Waals surface area contributed by atoms with Crippen molar-refractivity contribution in [3.05, 3.63) is 34.5 Å². The van der Waals surface area contributed by atoms with Crippen molar-refractivity contribution < 1.29 is 4.52 Å². The Kier molecular flexibility index (Phi) is 3.94. The average Bonchev–Trinajstić information content (AvgIpc) is 2.82. The Morgan fingerprint density at radius 1 is 1.53 bits per heavy atom. The molecule has 0 saturated carbocycles. The van der Waals surface area contributed by atoms with Crippen LogP contribution in [0.3, 0.4) is 0 Å². The largest absolute Gasteiger partial charge is 0.358 e. The van der Waals surface area contributed by atoms with Gasteiger partial charge in [0.15, 0.2) is 11.6 Å². The third-order valence-corrected chi connectivity index (χ3v) is 2.92. The lowest BCUT2D eigenvalue weighted by molar-refractivity contribution is 0.388. The van der Waals surface area contributed by atoms with Gasteiger partial charge in [0.05, 0.1) is 6.54 Å². The summed E-state index contributed by atoms with van der Waals surface area (Å²) >= 11 is 0. The van der Waals surface area contributed by atoms with Gasteiger partial charge in [0.25, 0.3) is 5.56 Å². The van der Waals surface area contributed by atoms with Crippen molar-refractivity contribution in [2.24, 2.45) is 0 Å². The van der Waals surface area contributed by atoms with E-state index in [9.17, 15) is 4.79 Å². The first-order valence-electron chi connectivity index (χ1n) is 6.22. The van der Waals surface area contributed by atoms with Crippen LogP contribution in [-0.2, 0) is 6.54 Å². The number of nitrogens with zero attached hydrogens (tertiary/aromatic N) is 4. The molecule has 0 bridgehead atoms. The van der Waals surface area contributed by atoms with Gasteiger partial charge in [-0.25, -0.2) is 4.98 Å². The van der Waals surface area contributed by atoms with Crippen LogP contribution in [0.1, 0.15) is 38.0 Å². The number of nitrogens with one attached hydrogen (secondary N) is 1. The van der Waals surface area contributed by atoms with Crippen molar-refractivity contribution in [3.63, 3.8) is 0 Å². The van der Waals surface area contributed by atoms with Crippen LogP contribution in [0.2, 0.25) is 0 Å². The van der Waals surface area contributed by atoms with E-state index in [2.05, 4.69) is 20.4 Å². The Hall–Kier alpha value is -2.18.